The number of aliphatic hydroxyl groups excluding tert-OH is 1. The van der Waals surface area contributed by atoms with Gasteiger partial charge in [-0.3, -0.25) is 9.78 Å². The van der Waals surface area contributed by atoms with Crippen molar-refractivity contribution < 1.29 is 14.4 Å². The minimum Gasteiger partial charge on any atom is -0.393 e. The topological polar surface area (TPSA) is 88.2 Å². The number of nitrogens with zero attached hydrogens (tertiary/aromatic N) is 2. The standard InChI is InChI=1S/C15H17N3O3/c19-12-8-11(9-12)14(7-10-1-4-16-5-2-10)17-15(20)13-3-6-21-18-13/h1-6,11-12,14,19H,7-9H2,(H,17,20)/t11?,12?,14-/m0/s1. The third kappa shape index (κ3) is 3.28. The molecule has 1 aliphatic rings. The number of hydrogen-bond acceptors (Lipinski definition) is 5. The molecule has 2 aromatic heterocycles. The molecule has 1 saturated carbocycles. The van der Waals surface area contributed by atoms with Crippen LogP contribution in [0.4, 0.5) is 0 Å². The van der Waals surface area contributed by atoms with Gasteiger partial charge in [-0.2, -0.15) is 0 Å². The molecule has 2 N–H and O–H groups in total. The number of carbonyl (C=O) groups excluding carboxylic acids is 1. The van der Waals surface area contributed by atoms with Gasteiger partial charge in [0.1, 0.15) is 6.26 Å². The molecule has 0 aliphatic heterocycles. The van der Waals surface area contributed by atoms with Crippen LogP contribution in [0.3, 0.4) is 0 Å². The highest BCUT2D eigenvalue weighted by molar-refractivity contribution is 5.92. The van der Waals surface area contributed by atoms with Crippen LogP contribution in [0.25, 0.3) is 0 Å². The first-order chi connectivity index (χ1) is 10.2. The Hall–Kier alpha value is -2.21. The molecule has 3 rings (SSSR count). The highest BCUT2D eigenvalue weighted by atomic mass is 16.5. The van der Waals surface area contributed by atoms with Crippen molar-refractivity contribution in [2.45, 2.75) is 31.4 Å². The Labute approximate surface area is 122 Å². The molecule has 0 spiro atoms. The summed E-state index contributed by atoms with van der Waals surface area (Å²) < 4.78 is 4.69. The van der Waals surface area contributed by atoms with E-state index in [1.54, 1.807) is 12.4 Å². The van der Waals surface area contributed by atoms with Gasteiger partial charge in [-0.25, -0.2) is 0 Å². The second-order valence-electron chi connectivity index (χ2n) is 5.41. The first-order valence-electron chi connectivity index (χ1n) is 7.00. The Kier molecular flexibility index (Phi) is 3.96. The van der Waals surface area contributed by atoms with Crippen LogP contribution in [0, 0.1) is 5.92 Å². The molecule has 110 valence electrons. The Morgan fingerprint density at radius 1 is 1.38 bits per heavy atom. The van der Waals surface area contributed by atoms with E-state index in [9.17, 15) is 9.90 Å². The highest BCUT2D eigenvalue weighted by Crippen LogP contribution is 2.31. The lowest BCUT2D eigenvalue weighted by molar-refractivity contribution is 0.0238. The molecule has 1 aliphatic carbocycles. The van der Waals surface area contributed by atoms with Gasteiger partial charge in [-0.15, -0.1) is 0 Å². The van der Waals surface area contributed by atoms with Gasteiger partial charge in [0.25, 0.3) is 5.91 Å². The molecule has 1 amide bonds. The summed E-state index contributed by atoms with van der Waals surface area (Å²) in [6.45, 7) is 0. The maximum atomic E-state index is 12.1. The van der Waals surface area contributed by atoms with Gasteiger partial charge in [-0.05, 0) is 42.9 Å². The van der Waals surface area contributed by atoms with Gasteiger partial charge in [0.15, 0.2) is 5.69 Å². The number of nitrogens with one attached hydrogen (secondary N) is 1. The fourth-order valence-corrected chi connectivity index (χ4v) is 2.64. The third-order valence-electron chi connectivity index (χ3n) is 3.91. The monoisotopic (exact) mass is 287 g/mol. The second-order valence-corrected chi connectivity index (χ2v) is 5.41. The number of pyridine rings is 1. The number of aromatic nitrogens is 2. The van der Waals surface area contributed by atoms with E-state index in [0.717, 1.165) is 18.4 Å². The van der Waals surface area contributed by atoms with Crippen molar-refractivity contribution in [2.24, 2.45) is 5.92 Å². The van der Waals surface area contributed by atoms with Crippen LogP contribution in [0.5, 0.6) is 0 Å². The van der Waals surface area contributed by atoms with Crippen LogP contribution >= 0.6 is 0 Å². The van der Waals surface area contributed by atoms with Crippen LogP contribution in [0.2, 0.25) is 0 Å². The van der Waals surface area contributed by atoms with Crippen molar-refractivity contribution in [3.63, 3.8) is 0 Å². The average molecular weight is 287 g/mol. The molecule has 1 fully saturated rings. The minimum absolute atomic E-state index is 0.0278. The van der Waals surface area contributed by atoms with Crippen molar-refractivity contribution in [1.29, 1.82) is 0 Å². The summed E-state index contributed by atoms with van der Waals surface area (Å²) in [4.78, 5) is 16.1. The lowest BCUT2D eigenvalue weighted by Gasteiger charge is -2.38. The van der Waals surface area contributed by atoms with Crippen LogP contribution < -0.4 is 5.32 Å². The van der Waals surface area contributed by atoms with Crippen LogP contribution in [-0.4, -0.2) is 33.3 Å². The SMILES string of the molecule is O=C(N[C@@H](Cc1ccncc1)C1CC(O)C1)c1ccon1. The molecule has 6 heteroatoms. The number of carbonyl (C=O) groups is 1. The van der Waals surface area contributed by atoms with E-state index in [2.05, 4.69) is 15.5 Å². The van der Waals surface area contributed by atoms with E-state index < -0.39 is 0 Å². The van der Waals surface area contributed by atoms with Gasteiger partial charge in [0.2, 0.25) is 0 Å². The summed E-state index contributed by atoms with van der Waals surface area (Å²) in [7, 11) is 0. The fourth-order valence-electron chi connectivity index (χ4n) is 2.64. The first-order valence-corrected chi connectivity index (χ1v) is 7.00. The van der Waals surface area contributed by atoms with Gasteiger partial charge < -0.3 is 14.9 Å². The van der Waals surface area contributed by atoms with Crippen molar-refractivity contribution in [2.75, 3.05) is 0 Å². The Bertz CT molecular complexity index is 579. The predicted molar refractivity (Wildman–Crippen MR) is 74.4 cm³/mol. The molecular weight excluding hydrogens is 270 g/mol. The third-order valence-corrected chi connectivity index (χ3v) is 3.91. The van der Waals surface area contributed by atoms with Crippen LogP contribution in [0.1, 0.15) is 28.9 Å². The van der Waals surface area contributed by atoms with E-state index in [0.29, 0.717) is 6.42 Å². The summed E-state index contributed by atoms with van der Waals surface area (Å²) in [6, 6.07) is 5.38. The van der Waals surface area contributed by atoms with E-state index in [1.165, 1.54) is 12.3 Å². The number of aliphatic hydroxyl groups is 1. The average Bonchev–Trinajstić information content (AvgIpc) is 2.98. The molecule has 0 aromatic carbocycles. The molecule has 2 aromatic rings. The molecule has 2 heterocycles. The number of amides is 1. The molecule has 0 radical (unpaired) electrons. The molecule has 1 atom stereocenters. The van der Waals surface area contributed by atoms with Crippen LogP contribution in [0.15, 0.2) is 41.4 Å². The summed E-state index contributed by atoms with van der Waals surface area (Å²) in [5, 5.41) is 16.1. The zero-order chi connectivity index (χ0) is 14.7. The van der Waals surface area contributed by atoms with Gasteiger partial charge in [0.05, 0.1) is 6.10 Å². The molecular formula is C15H17N3O3. The summed E-state index contributed by atoms with van der Waals surface area (Å²) in [5.74, 6) is 0.0354. The number of rotatable bonds is 5. The van der Waals surface area contributed by atoms with Crippen molar-refractivity contribution >= 4 is 5.91 Å². The highest BCUT2D eigenvalue weighted by Gasteiger charge is 2.35. The largest absolute Gasteiger partial charge is 0.393 e. The van der Waals surface area contributed by atoms with Crippen molar-refractivity contribution in [3.8, 4) is 0 Å². The van der Waals surface area contributed by atoms with Crippen molar-refractivity contribution in [1.82, 2.24) is 15.5 Å². The predicted octanol–water partition coefficient (Wildman–Crippen LogP) is 1.18. The van der Waals surface area contributed by atoms with Gasteiger partial charge >= 0.3 is 0 Å². The van der Waals surface area contributed by atoms with Crippen LogP contribution in [-0.2, 0) is 6.42 Å². The first kappa shape index (κ1) is 13.8. The summed E-state index contributed by atoms with van der Waals surface area (Å²) in [6.07, 6.45) is 6.75. The van der Waals surface area contributed by atoms with Gasteiger partial charge in [0, 0.05) is 24.5 Å². The Morgan fingerprint density at radius 2 is 2.14 bits per heavy atom. The maximum absolute atomic E-state index is 12.1. The van der Waals surface area contributed by atoms with Crippen molar-refractivity contribution in [3.05, 3.63) is 48.1 Å². The molecule has 0 unspecified atom stereocenters. The van der Waals surface area contributed by atoms with E-state index in [-0.39, 0.29) is 29.7 Å². The molecule has 0 saturated heterocycles. The lowest BCUT2D eigenvalue weighted by atomic mass is 9.75. The molecule has 21 heavy (non-hydrogen) atoms. The molecule has 6 nitrogen and oxygen atoms in total. The van der Waals surface area contributed by atoms with E-state index in [1.807, 2.05) is 12.1 Å². The lowest BCUT2D eigenvalue weighted by Crippen LogP contribution is -2.48. The quantitative estimate of drug-likeness (QED) is 0.862. The smallest absolute Gasteiger partial charge is 0.273 e. The minimum atomic E-state index is -0.251. The van der Waals surface area contributed by atoms with E-state index >= 15 is 0 Å². The summed E-state index contributed by atoms with van der Waals surface area (Å²) >= 11 is 0. The Balaban J connectivity index is 1.69. The zero-order valence-electron chi connectivity index (χ0n) is 11.5. The zero-order valence-corrected chi connectivity index (χ0v) is 11.5. The second kappa shape index (κ2) is 6.05. The van der Waals surface area contributed by atoms with Gasteiger partial charge in [-0.1, -0.05) is 5.16 Å². The maximum Gasteiger partial charge on any atom is 0.273 e. The van der Waals surface area contributed by atoms with E-state index in [4.69, 9.17) is 4.52 Å². The summed E-state index contributed by atoms with van der Waals surface area (Å²) in [5.41, 5.74) is 1.38. The molecule has 0 bridgehead atoms. The Morgan fingerprint density at radius 3 is 2.76 bits per heavy atom. The fraction of sp³-hybridized carbons (Fsp3) is 0.400. The normalized spacial score (nSPS) is 22.3. The number of hydrogen-bond donors (Lipinski definition) is 2.